The molecule has 36 heavy (non-hydrogen) atoms. The van der Waals surface area contributed by atoms with Gasteiger partial charge in [0.25, 0.3) is 0 Å². The zero-order chi connectivity index (χ0) is 25.8. The van der Waals surface area contributed by atoms with Gasteiger partial charge in [0, 0.05) is 6.04 Å². The van der Waals surface area contributed by atoms with Gasteiger partial charge in [-0.1, -0.05) is 0 Å². The molecule has 7 heteroatoms. The van der Waals surface area contributed by atoms with E-state index in [9.17, 15) is 9.59 Å². The standard InChI is InChI=1S/C29H39N3O3Se/c1-17-13-24(36-6)23(27(33)30-17)16-32-12-11-19-14-20-15-29(3,21-7-9-22(10-8-21)31(4)5)35-26(20)18(2)25(19)28(32)34/h13-14,21-22H,7-12,15-16H2,1-6H3,(H,30,33). The van der Waals surface area contributed by atoms with Crippen LogP contribution in [0, 0.1) is 19.8 Å². The van der Waals surface area contributed by atoms with Crippen LogP contribution in [-0.4, -0.2) is 67.9 Å². The molecule has 1 fully saturated rings. The van der Waals surface area contributed by atoms with Crippen molar-refractivity contribution in [2.45, 2.75) is 83.3 Å². The third-order valence-corrected chi connectivity index (χ3v) is 10.5. The molecule has 3 heterocycles. The van der Waals surface area contributed by atoms with Crippen molar-refractivity contribution < 1.29 is 9.53 Å². The summed E-state index contributed by atoms with van der Waals surface area (Å²) in [6.07, 6.45) is 6.54. The second kappa shape index (κ2) is 9.66. The number of aryl methyl sites for hydroxylation is 1. The van der Waals surface area contributed by atoms with Crippen LogP contribution < -0.4 is 14.8 Å². The molecule has 1 unspecified atom stereocenters. The van der Waals surface area contributed by atoms with E-state index >= 15 is 0 Å². The van der Waals surface area contributed by atoms with Gasteiger partial charge in [-0.05, 0) is 26.9 Å². The van der Waals surface area contributed by atoms with Crippen molar-refractivity contribution in [3.63, 3.8) is 0 Å². The Morgan fingerprint density at radius 1 is 1.14 bits per heavy atom. The van der Waals surface area contributed by atoms with E-state index in [1.165, 1.54) is 31.2 Å². The molecule has 0 spiro atoms. The second-order valence-electron chi connectivity index (χ2n) is 11.4. The summed E-state index contributed by atoms with van der Waals surface area (Å²) in [5.41, 5.74) is 5.49. The Morgan fingerprint density at radius 3 is 2.53 bits per heavy atom. The fraction of sp³-hybridized carbons (Fsp3) is 0.586. The summed E-state index contributed by atoms with van der Waals surface area (Å²) in [5.74, 6) is 3.60. The number of hydrogen-bond acceptors (Lipinski definition) is 4. The monoisotopic (exact) mass is 557 g/mol. The number of benzene rings is 1. The van der Waals surface area contributed by atoms with E-state index in [0.717, 1.165) is 51.0 Å². The first kappa shape index (κ1) is 25.6. The summed E-state index contributed by atoms with van der Waals surface area (Å²) in [7, 11) is 4.36. The Bertz CT molecular complexity index is 1250. The van der Waals surface area contributed by atoms with Gasteiger partial charge >= 0.3 is 183 Å². The van der Waals surface area contributed by atoms with Gasteiger partial charge in [-0.3, -0.25) is 0 Å². The first-order valence-corrected chi connectivity index (χ1v) is 15.7. The van der Waals surface area contributed by atoms with E-state index in [-0.39, 0.29) is 32.0 Å². The zero-order valence-corrected chi connectivity index (χ0v) is 24.2. The first-order chi connectivity index (χ1) is 17.1. The topological polar surface area (TPSA) is 65.6 Å². The Balaban J connectivity index is 1.39. The Kier molecular flexibility index (Phi) is 6.86. The normalized spacial score (nSPS) is 25.6. The number of H-pyrrole nitrogens is 1. The molecule has 3 aliphatic rings. The third kappa shape index (κ3) is 4.44. The van der Waals surface area contributed by atoms with Crippen molar-refractivity contribution in [2.24, 2.45) is 5.92 Å². The van der Waals surface area contributed by atoms with Gasteiger partial charge in [0.15, 0.2) is 0 Å². The molecule has 1 aromatic carbocycles. The number of carbonyl (C=O) groups excluding carboxylic acids is 1. The van der Waals surface area contributed by atoms with Crippen molar-refractivity contribution in [2.75, 3.05) is 20.6 Å². The third-order valence-electron chi connectivity index (χ3n) is 8.79. The minimum atomic E-state index is -0.204. The average molecular weight is 557 g/mol. The average Bonchev–Trinajstić information content (AvgIpc) is 3.19. The SMILES string of the molecule is C[Se]c1cc(C)[nH]c(=O)c1CN1CCc2cc3c(c(C)c2C1=O)OC(C)(C1CCC(N(C)C)CC1)C3. The predicted molar refractivity (Wildman–Crippen MR) is 145 cm³/mol. The van der Waals surface area contributed by atoms with Crippen LogP contribution in [0.15, 0.2) is 16.9 Å². The van der Waals surface area contributed by atoms with E-state index in [0.29, 0.717) is 25.0 Å². The molecule has 2 aliphatic heterocycles. The molecule has 1 aliphatic carbocycles. The molecular formula is C29H39N3O3Se. The van der Waals surface area contributed by atoms with Crippen molar-refractivity contribution >= 4 is 25.3 Å². The fourth-order valence-electron chi connectivity index (χ4n) is 6.66. The maximum absolute atomic E-state index is 13.7. The molecule has 5 rings (SSSR count). The van der Waals surface area contributed by atoms with Crippen LogP contribution in [0.5, 0.6) is 5.75 Å². The number of nitrogens with one attached hydrogen (secondary N) is 1. The van der Waals surface area contributed by atoms with Crippen LogP contribution in [0.2, 0.25) is 5.82 Å². The minimum absolute atomic E-state index is 0.0229. The van der Waals surface area contributed by atoms with Gasteiger partial charge in [0.05, 0.1) is 0 Å². The van der Waals surface area contributed by atoms with Crippen molar-refractivity contribution in [3.8, 4) is 5.75 Å². The molecule has 1 N–H and O–H groups in total. The van der Waals surface area contributed by atoms with Crippen molar-refractivity contribution in [1.29, 1.82) is 0 Å². The number of hydrogen-bond donors (Lipinski definition) is 1. The van der Waals surface area contributed by atoms with Gasteiger partial charge in [-0.25, -0.2) is 0 Å². The maximum atomic E-state index is 13.7. The number of fused-ring (bicyclic) bond motifs is 2. The van der Waals surface area contributed by atoms with Gasteiger partial charge < -0.3 is 4.90 Å². The number of pyridine rings is 1. The molecule has 194 valence electrons. The molecule has 0 bridgehead atoms. The number of nitrogens with zero attached hydrogens (tertiary/aromatic N) is 2. The number of rotatable bonds is 5. The molecule has 0 saturated heterocycles. The molecule has 6 nitrogen and oxygen atoms in total. The van der Waals surface area contributed by atoms with Gasteiger partial charge in [-0.15, -0.1) is 0 Å². The van der Waals surface area contributed by atoms with Gasteiger partial charge in [0.2, 0.25) is 0 Å². The number of aromatic nitrogens is 1. The Hall–Kier alpha value is -2.08. The second-order valence-corrected chi connectivity index (χ2v) is 13.2. The first-order valence-electron chi connectivity index (χ1n) is 13.2. The van der Waals surface area contributed by atoms with Crippen molar-refractivity contribution in [1.82, 2.24) is 14.8 Å². The van der Waals surface area contributed by atoms with Crippen LogP contribution in [0.25, 0.3) is 0 Å². The van der Waals surface area contributed by atoms with E-state index < -0.39 is 0 Å². The molecule has 1 aromatic heterocycles. The number of aromatic amines is 1. The molecule has 1 amide bonds. The summed E-state index contributed by atoms with van der Waals surface area (Å²) in [5, 5.41) is 0. The van der Waals surface area contributed by atoms with E-state index in [1.807, 2.05) is 18.7 Å². The molecule has 0 radical (unpaired) electrons. The molecule has 1 atom stereocenters. The zero-order valence-electron chi connectivity index (χ0n) is 22.5. The molecule has 2 aromatic rings. The summed E-state index contributed by atoms with van der Waals surface area (Å²) in [4.78, 5) is 33.6. The van der Waals surface area contributed by atoms with Crippen LogP contribution in [0.1, 0.15) is 70.9 Å². The molecule has 1 saturated carbocycles. The number of amides is 1. The van der Waals surface area contributed by atoms with E-state index in [2.05, 4.69) is 48.9 Å². The van der Waals surface area contributed by atoms with Gasteiger partial charge in [0.1, 0.15) is 0 Å². The Labute approximate surface area is 220 Å². The van der Waals surface area contributed by atoms with Crippen LogP contribution >= 0.6 is 0 Å². The van der Waals surface area contributed by atoms with Gasteiger partial charge in [-0.2, -0.15) is 0 Å². The van der Waals surface area contributed by atoms with Crippen LogP contribution in [0.4, 0.5) is 0 Å². The van der Waals surface area contributed by atoms with Crippen LogP contribution in [0.3, 0.4) is 0 Å². The molecular weight excluding hydrogens is 517 g/mol. The quantitative estimate of drug-likeness (QED) is 0.574. The summed E-state index contributed by atoms with van der Waals surface area (Å²) >= 11 is 0.186. The van der Waals surface area contributed by atoms with E-state index in [1.54, 1.807) is 0 Å². The number of carbonyl (C=O) groups is 1. The Morgan fingerprint density at radius 2 is 1.86 bits per heavy atom. The van der Waals surface area contributed by atoms with Crippen molar-refractivity contribution in [3.05, 3.63) is 56.0 Å². The van der Waals surface area contributed by atoms with Crippen LogP contribution in [-0.2, 0) is 19.4 Å². The van der Waals surface area contributed by atoms with E-state index in [4.69, 9.17) is 4.74 Å². The summed E-state index contributed by atoms with van der Waals surface area (Å²) < 4.78 is 7.84. The summed E-state index contributed by atoms with van der Waals surface area (Å²) in [6, 6.07) is 4.96. The number of ether oxygens (including phenoxy) is 1. The predicted octanol–water partition coefficient (Wildman–Crippen LogP) is 3.38. The fourth-order valence-corrected chi connectivity index (χ4v) is 8.13. The summed E-state index contributed by atoms with van der Waals surface area (Å²) in [6.45, 7) is 7.24.